The molecule has 2 aromatic rings. The Hall–Kier alpha value is -2.20. The second-order valence-corrected chi connectivity index (χ2v) is 6.41. The normalized spacial score (nSPS) is 18.3. The van der Waals surface area contributed by atoms with Crippen LogP contribution in [0.25, 0.3) is 0 Å². The second kappa shape index (κ2) is 7.58. The summed E-state index contributed by atoms with van der Waals surface area (Å²) in [5.41, 5.74) is 1.61. The number of carbonyl (C=O) groups excluding carboxylic acids is 1. The van der Waals surface area contributed by atoms with Gasteiger partial charge in [-0.3, -0.25) is 9.69 Å². The molecule has 0 N–H and O–H groups in total. The summed E-state index contributed by atoms with van der Waals surface area (Å²) in [6.07, 6.45) is 1.86. The van der Waals surface area contributed by atoms with E-state index in [0.717, 1.165) is 32.5 Å². The Morgan fingerprint density at radius 3 is 2.62 bits per heavy atom. The summed E-state index contributed by atoms with van der Waals surface area (Å²) in [7, 11) is 1.66. The minimum absolute atomic E-state index is 0.00198. The topological polar surface area (TPSA) is 23.6 Å². The van der Waals surface area contributed by atoms with E-state index in [1.54, 1.807) is 25.2 Å². The molecule has 1 heterocycles. The van der Waals surface area contributed by atoms with Crippen molar-refractivity contribution in [3.8, 4) is 0 Å². The lowest BCUT2D eigenvalue weighted by molar-refractivity contribution is -0.123. The average Bonchev–Trinajstić information content (AvgIpc) is 2.62. The van der Waals surface area contributed by atoms with Gasteiger partial charge < -0.3 is 4.90 Å². The highest BCUT2D eigenvalue weighted by atomic mass is 19.1. The van der Waals surface area contributed by atoms with Crippen molar-refractivity contribution in [3.05, 3.63) is 66.0 Å². The molecule has 2 aromatic carbocycles. The summed E-state index contributed by atoms with van der Waals surface area (Å²) in [5.74, 6) is -0.435. The Morgan fingerprint density at radius 1 is 1.17 bits per heavy atom. The standard InChI is InChI=1S/C20H23FN2O/c1-22(19-12-6-5-11-18(19)21)20(24)17-10-7-13-23(15-17)14-16-8-3-2-4-9-16/h2-6,8-9,11-12,17H,7,10,13-15H2,1H3. The van der Waals surface area contributed by atoms with Gasteiger partial charge in [-0.15, -0.1) is 0 Å². The summed E-state index contributed by atoms with van der Waals surface area (Å²) < 4.78 is 13.9. The van der Waals surface area contributed by atoms with Crippen molar-refractivity contribution in [3.63, 3.8) is 0 Å². The maximum Gasteiger partial charge on any atom is 0.231 e. The minimum atomic E-state index is -0.356. The van der Waals surface area contributed by atoms with Gasteiger partial charge in [0.15, 0.2) is 0 Å². The van der Waals surface area contributed by atoms with Gasteiger partial charge in [-0.05, 0) is 37.1 Å². The van der Waals surface area contributed by atoms with Crippen molar-refractivity contribution < 1.29 is 9.18 Å². The van der Waals surface area contributed by atoms with E-state index in [1.165, 1.54) is 16.5 Å². The number of hydrogen-bond donors (Lipinski definition) is 0. The zero-order chi connectivity index (χ0) is 16.9. The zero-order valence-electron chi connectivity index (χ0n) is 14.0. The Bertz CT molecular complexity index is 689. The van der Waals surface area contributed by atoms with Gasteiger partial charge in [0.2, 0.25) is 5.91 Å². The molecule has 1 aliphatic rings. The second-order valence-electron chi connectivity index (χ2n) is 6.41. The number of para-hydroxylation sites is 1. The number of anilines is 1. The van der Waals surface area contributed by atoms with E-state index >= 15 is 0 Å². The summed E-state index contributed by atoms with van der Waals surface area (Å²) in [4.78, 5) is 16.6. The molecule has 0 saturated carbocycles. The number of piperidine rings is 1. The summed E-state index contributed by atoms with van der Waals surface area (Å²) >= 11 is 0. The minimum Gasteiger partial charge on any atom is -0.313 e. The van der Waals surface area contributed by atoms with E-state index in [2.05, 4.69) is 17.0 Å². The van der Waals surface area contributed by atoms with E-state index in [-0.39, 0.29) is 17.6 Å². The van der Waals surface area contributed by atoms with Crippen molar-refractivity contribution in [2.75, 3.05) is 25.0 Å². The third-order valence-corrected chi connectivity index (χ3v) is 4.65. The van der Waals surface area contributed by atoms with Crippen LogP contribution in [-0.2, 0) is 11.3 Å². The van der Waals surface area contributed by atoms with E-state index in [0.29, 0.717) is 5.69 Å². The molecule has 1 unspecified atom stereocenters. The van der Waals surface area contributed by atoms with Gasteiger partial charge >= 0.3 is 0 Å². The summed E-state index contributed by atoms with van der Waals surface area (Å²) in [5, 5.41) is 0. The molecule has 3 nitrogen and oxygen atoms in total. The van der Waals surface area contributed by atoms with Gasteiger partial charge in [0, 0.05) is 20.1 Å². The molecule has 1 fully saturated rings. The van der Waals surface area contributed by atoms with Gasteiger partial charge in [-0.25, -0.2) is 4.39 Å². The van der Waals surface area contributed by atoms with E-state index < -0.39 is 0 Å². The molecule has 4 heteroatoms. The predicted molar refractivity (Wildman–Crippen MR) is 94.3 cm³/mol. The number of carbonyl (C=O) groups is 1. The lowest BCUT2D eigenvalue weighted by atomic mass is 9.96. The van der Waals surface area contributed by atoms with Crippen LogP contribution in [-0.4, -0.2) is 30.9 Å². The Kier molecular flexibility index (Phi) is 5.26. The molecule has 1 saturated heterocycles. The highest BCUT2D eigenvalue weighted by Gasteiger charge is 2.29. The van der Waals surface area contributed by atoms with Crippen LogP contribution >= 0.6 is 0 Å². The first-order valence-electron chi connectivity index (χ1n) is 8.43. The first-order chi connectivity index (χ1) is 11.6. The molecule has 1 amide bonds. The molecular weight excluding hydrogens is 303 g/mol. The Morgan fingerprint density at radius 2 is 1.88 bits per heavy atom. The lowest BCUT2D eigenvalue weighted by Gasteiger charge is -2.34. The number of rotatable bonds is 4. The van der Waals surface area contributed by atoms with E-state index in [4.69, 9.17) is 0 Å². The van der Waals surface area contributed by atoms with Crippen LogP contribution in [0.5, 0.6) is 0 Å². The number of benzene rings is 2. The molecule has 1 aliphatic heterocycles. The lowest BCUT2D eigenvalue weighted by Crippen LogP contribution is -2.43. The van der Waals surface area contributed by atoms with Crippen LogP contribution in [0.4, 0.5) is 10.1 Å². The van der Waals surface area contributed by atoms with Crippen molar-refractivity contribution in [2.24, 2.45) is 5.92 Å². The number of likely N-dealkylation sites (tertiary alicyclic amines) is 1. The third kappa shape index (κ3) is 3.82. The van der Waals surface area contributed by atoms with Crippen molar-refractivity contribution >= 4 is 11.6 Å². The Labute approximate surface area is 142 Å². The molecule has 0 aromatic heterocycles. The van der Waals surface area contributed by atoms with Gasteiger partial charge in [-0.1, -0.05) is 42.5 Å². The van der Waals surface area contributed by atoms with E-state index in [1.807, 2.05) is 18.2 Å². The quantitative estimate of drug-likeness (QED) is 0.855. The summed E-state index contributed by atoms with van der Waals surface area (Å²) in [6, 6.07) is 16.7. The number of amides is 1. The van der Waals surface area contributed by atoms with Crippen LogP contribution < -0.4 is 4.90 Å². The maximum atomic E-state index is 13.9. The first kappa shape index (κ1) is 16.7. The monoisotopic (exact) mass is 326 g/mol. The SMILES string of the molecule is CN(C(=O)C1CCCN(Cc2ccccc2)C1)c1ccccc1F. The molecule has 1 atom stereocenters. The fourth-order valence-electron chi connectivity index (χ4n) is 3.36. The smallest absolute Gasteiger partial charge is 0.231 e. The summed E-state index contributed by atoms with van der Waals surface area (Å²) in [6.45, 7) is 2.59. The fraction of sp³-hybridized carbons (Fsp3) is 0.350. The predicted octanol–water partition coefficient (Wildman–Crippen LogP) is 3.70. The Balaban J connectivity index is 1.66. The average molecular weight is 326 g/mol. The number of halogens is 1. The van der Waals surface area contributed by atoms with E-state index in [9.17, 15) is 9.18 Å². The largest absolute Gasteiger partial charge is 0.313 e. The van der Waals surface area contributed by atoms with Crippen LogP contribution in [0, 0.1) is 11.7 Å². The van der Waals surface area contributed by atoms with Crippen molar-refractivity contribution in [1.82, 2.24) is 4.90 Å². The fourth-order valence-corrected chi connectivity index (χ4v) is 3.36. The van der Waals surface area contributed by atoms with Gasteiger partial charge in [0.05, 0.1) is 11.6 Å². The van der Waals surface area contributed by atoms with Crippen LogP contribution in [0.2, 0.25) is 0 Å². The molecule has 0 spiro atoms. The molecule has 24 heavy (non-hydrogen) atoms. The molecular formula is C20H23FN2O. The highest BCUT2D eigenvalue weighted by Crippen LogP contribution is 2.24. The maximum absolute atomic E-state index is 13.9. The first-order valence-corrected chi connectivity index (χ1v) is 8.43. The molecule has 0 bridgehead atoms. The van der Waals surface area contributed by atoms with Crippen molar-refractivity contribution in [2.45, 2.75) is 19.4 Å². The van der Waals surface area contributed by atoms with Gasteiger partial charge in [-0.2, -0.15) is 0 Å². The molecule has 3 rings (SSSR count). The van der Waals surface area contributed by atoms with Crippen LogP contribution in [0.1, 0.15) is 18.4 Å². The molecule has 0 radical (unpaired) electrons. The van der Waals surface area contributed by atoms with Crippen LogP contribution in [0.3, 0.4) is 0 Å². The third-order valence-electron chi connectivity index (χ3n) is 4.65. The molecule has 0 aliphatic carbocycles. The van der Waals surface area contributed by atoms with Gasteiger partial charge in [0.1, 0.15) is 5.82 Å². The van der Waals surface area contributed by atoms with Crippen molar-refractivity contribution in [1.29, 1.82) is 0 Å². The molecule has 126 valence electrons. The zero-order valence-corrected chi connectivity index (χ0v) is 14.0. The number of nitrogens with zero attached hydrogens (tertiary/aromatic N) is 2. The highest BCUT2D eigenvalue weighted by molar-refractivity contribution is 5.94. The number of hydrogen-bond acceptors (Lipinski definition) is 2. The van der Waals surface area contributed by atoms with Crippen LogP contribution in [0.15, 0.2) is 54.6 Å². The van der Waals surface area contributed by atoms with Gasteiger partial charge in [0.25, 0.3) is 0 Å².